The van der Waals surface area contributed by atoms with E-state index in [2.05, 4.69) is 5.32 Å². The second kappa shape index (κ2) is 10.5. The van der Waals surface area contributed by atoms with Crippen LogP contribution in [0.15, 0.2) is 48.5 Å². The highest BCUT2D eigenvalue weighted by Gasteiger charge is 2.26. The molecule has 0 bridgehead atoms. The number of benzene rings is 2. The number of nitrogens with one attached hydrogen (secondary N) is 1. The molecule has 1 N–H and O–H groups in total. The van der Waals surface area contributed by atoms with Crippen LogP contribution in [0.1, 0.15) is 37.0 Å². The van der Waals surface area contributed by atoms with Crippen molar-refractivity contribution in [1.29, 1.82) is 0 Å². The van der Waals surface area contributed by atoms with Crippen molar-refractivity contribution < 1.29 is 14.3 Å². The minimum atomic E-state index is -0.582. The number of aryl methyl sites for hydroxylation is 2. The first-order valence-electron chi connectivity index (χ1n) is 9.73. The number of hydrogen-bond donors (Lipinski definition) is 1. The van der Waals surface area contributed by atoms with Crippen molar-refractivity contribution in [3.63, 3.8) is 0 Å². The molecule has 2 rings (SSSR count). The highest BCUT2D eigenvalue weighted by atomic mass is 16.5. The summed E-state index contributed by atoms with van der Waals surface area (Å²) in [7, 11) is 0. The summed E-state index contributed by atoms with van der Waals surface area (Å²) in [4.78, 5) is 26.9. The predicted molar refractivity (Wildman–Crippen MR) is 111 cm³/mol. The van der Waals surface area contributed by atoms with Crippen LogP contribution in [0, 0.1) is 13.8 Å². The zero-order valence-corrected chi connectivity index (χ0v) is 17.2. The Balaban J connectivity index is 2.10. The molecule has 0 spiro atoms. The molecule has 0 saturated carbocycles. The van der Waals surface area contributed by atoms with E-state index in [1.54, 1.807) is 11.8 Å². The van der Waals surface area contributed by atoms with Crippen LogP contribution in [0.3, 0.4) is 0 Å². The van der Waals surface area contributed by atoms with Gasteiger partial charge in [-0.2, -0.15) is 0 Å². The maximum atomic E-state index is 12.9. The van der Waals surface area contributed by atoms with E-state index in [-0.39, 0.29) is 18.4 Å². The van der Waals surface area contributed by atoms with Crippen LogP contribution in [-0.2, 0) is 16.1 Å². The summed E-state index contributed by atoms with van der Waals surface area (Å²) in [6.07, 6.45) is 0.848. The first-order chi connectivity index (χ1) is 13.4. The summed E-state index contributed by atoms with van der Waals surface area (Å²) in [6.45, 7) is 8.60. The molecule has 2 aromatic rings. The molecule has 0 aliphatic rings. The summed E-state index contributed by atoms with van der Waals surface area (Å²) in [6, 6.07) is 14.9. The van der Waals surface area contributed by atoms with Crippen LogP contribution in [0.25, 0.3) is 0 Å². The van der Waals surface area contributed by atoms with E-state index in [1.165, 1.54) is 0 Å². The Morgan fingerprint density at radius 3 is 2.14 bits per heavy atom. The lowest BCUT2D eigenvalue weighted by Gasteiger charge is -2.28. The molecule has 2 amide bonds. The van der Waals surface area contributed by atoms with Crippen molar-refractivity contribution in [3.05, 3.63) is 65.2 Å². The molecule has 0 aromatic heterocycles. The molecule has 28 heavy (non-hydrogen) atoms. The third-order valence-corrected chi connectivity index (χ3v) is 4.57. The molecular weight excluding hydrogens is 352 g/mol. The van der Waals surface area contributed by atoms with Gasteiger partial charge in [0, 0.05) is 13.1 Å². The monoisotopic (exact) mass is 382 g/mol. The first kappa shape index (κ1) is 21.5. The van der Waals surface area contributed by atoms with Gasteiger partial charge in [-0.25, -0.2) is 0 Å². The highest BCUT2D eigenvalue weighted by Crippen LogP contribution is 2.14. The fraction of sp³-hybridized carbons (Fsp3) is 0.391. The number of rotatable bonds is 9. The van der Waals surface area contributed by atoms with Gasteiger partial charge in [-0.3, -0.25) is 9.59 Å². The predicted octanol–water partition coefficient (Wildman–Crippen LogP) is 3.63. The molecule has 150 valence electrons. The van der Waals surface area contributed by atoms with Gasteiger partial charge in [0.05, 0.1) is 0 Å². The van der Waals surface area contributed by atoms with Gasteiger partial charge < -0.3 is 15.0 Å². The number of carbonyl (C=O) groups excluding carboxylic acids is 2. The maximum absolute atomic E-state index is 12.9. The van der Waals surface area contributed by atoms with Crippen LogP contribution in [0.4, 0.5) is 0 Å². The van der Waals surface area contributed by atoms with Crippen LogP contribution in [0.2, 0.25) is 0 Å². The third kappa shape index (κ3) is 6.41. The van der Waals surface area contributed by atoms with Crippen molar-refractivity contribution in [2.45, 2.75) is 46.7 Å². The molecule has 1 unspecified atom stereocenters. The SMILES string of the molecule is CCCNC(=O)C(C)N(Cc1ccc(C)cc1)C(=O)COc1ccc(C)cc1. The molecule has 2 aromatic carbocycles. The van der Waals surface area contributed by atoms with Crippen molar-refractivity contribution in [2.24, 2.45) is 0 Å². The topological polar surface area (TPSA) is 58.6 Å². The van der Waals surface area contributed by atoms with E-state index in [4.69, 9.17) is 4.74 Å². The lowest BCUT2D eigenvalue weighted by Crippen LogP contribution is -2.49. The fourth-order valence-electron chi connectivity index (χ4n) is 2.73. The smallest absolute Gasteiger partial charge is 0.261 e. The Labute approximate surface area is 167 Å². The molecule has 0 heterocycles. The van der Waals surface area contributed by atoms with Gasteiger partial charge in [-0.15, -0.1) is 0 Å². The molecular formula is C23H30N2O3. The van der Waals surface area contributed by atoms with E-state index in [0.29, 0.717) is 18.8 Å². The lowest BCUT2D eigenvalue weighted by atomic mass is 10.1. The summed E-state index contributed by atoms with van der Waals surface area (Å²) in [5.41, 5.74) is 3.25. The zero-order valence-electron chi connectivity index (χ0n) is 17.2. The summed E-state index contributed by atoms with van der Waals surface area (Å²) in [5, 5.41) is 2.87. The molecule has 1 atom stereocenters. The number of carbonyl (C=O) groups is 2. The Bertz CT molecular complexity index is 769. The molecule has 0 aliphatic heterocycles. The normalized spacial score (nSPS) is 11.6. The quantitative estimate of drug-likeness (QED) is 0.721. The van der Waals surface area contributed by atoms with Crippen LogP contribution >= 0.6 is 0 Å². The largest absolute Gasteiger partial charge is 0.484 e. The second-order valence-electron chi connectivity index (χ2n) is 7.08. The van der Waals surface area contributed by atoms with Gasteiger partial charge in [0.2, 0.25) is 5.91 Å². The van der Waals surface area contributed by atoms with Crippen molar-refractivity contribution >= 4 is 11.8 Å². The lowest BCUT2D eigenvalue weighted by molar-refractivity contribution is -0.142. The van der Waals surface area contributed by atoms with Crippen molar-refractivity contribution in [2.75, 3.05) is 13.2 Å². The third-order valence-electron chi connectivity index (χ3n) is 4.57. The summed E-state index contributed by atoms with van der Waals surface area (Å²) in [5.74, 6) is 0.260. The molecule has 5 nitrogen and oxygen atoms in total. The van der Waals surface area contributed by atoms with E-state index < -0.39 is 6.04 Å². The summed E-state index contributed by atoms with van der Waals surface area (Å²) < 4.78 is 5.65. The number of hydrogen-bond acceptors (Lipinski definition) is 3. The molecule has 0 saturated heterocycles. The van der Waals surface area contributed by atoms with Gasteiger partial charge in [-0.1, -0.05) is 54.4 Å². The van der Waals surface area contributed by atoms with Crippen LogP contribution in [-0.4, -0.2) is 35.9 Å². The molecule has 0 aliphatic carbocycles. The number of amides is 2. The Hall–Kier alpha value is -2.82. The fourth-order valence-corrected chi connectivity index (χ4v) is 2.73. The van der Waals surface area contributed by atoms with Crippen molar-refractivity contribution in [1.82, 2.24) is 10.2 Å². The van der Waals surface area contributed by atoms with E-state index >= 15 is 0 Å². The van der Waals surface area contributed by atoms with Gasteiger partial charge in [0.15, 0.2) is 6.61 Å². The van der Waals surface area contributed by atoms with Crippen LogP contribution < -0.4 is 10.1 Å². The van der Waals surface area contributed by atoms with Gasteiger partial charge in [-0.05, 0) is 44.9 Å². The molecule has 0 radical (unpaired) electrons. The Morgan fingerprint density at radius 1 is 1.00 bits per heavy atom. The van der Waals surface area contributed by atoms with Gasteiger partial charge in [0.1, 0.15) is 11.8 Å². The summed E-state index contributed by atoms with van der Waals surface area (Å²) >= 11 is 0. The number of nitrogens with zero attached hydrogens (tertiary/aromatic N) is 1. The van der Waals surface area contributed by atoms with E-state index in [0.717, 1.165) is 23.1 Å². The van der Waals surface area contributed by atoms with Crippen molar-refractivity contribution in [3.8, 4) is 5.75 Å². The van der Waals surface area contributed by atoms with Gasteiger partial charge >= 0.3 is 0 Å². The van der Waals surface area contributed by atoms with Gasteiger partial charge in [0.25, 0.3) is 5.91 Å². The average molecular weight is 383 g/mol. The Kier molecular flexibility index (Phi) is 8.05. The average Bonchev–Trinajstić information content (AvgIpc) is 2.70. The molecule has 0 fully saturated rings. The van der Waals surface area contributed by atoms with E-state index in [1.807, 2.05) is 69.3 Å². The standard InChI is InChI=1S/C23H30N2O3/c1-5-14-24-23(27)19(4)25(15-20-10-6-17(2)7-11-20)22(26)16-28-21-12-8-18(3)9-13-21/h6-13,19H,5,14-16H2,1-4H3,(H,24,27). The second-order valence-corrected chi connectivity index (χ2v) is 7.08. The van der Waals surface area contributed by atoms with Crippen LogP contribution in [0.5, 0.6) is 5.75 Å². The minimum Gasteiger partial charge on any atom is -0.484 e. The minimum absolute atomic E-state index is 0.111. The highest BCUT2D eigenvalue weighted by molar-refractivity contribution is 5.87. The van der Waals surface area contributed by atoms with E-state index in [9.17, 15) is 9.59 Å². The maximum Gasteiger partial charge on any atom is 0.261 e. The Morgan fingerprint density at radius 2 is 1.57 bits per heavy atom. The first-order valence-corrected chi connectivity index (χ1v) is 9.73. The molecule has 5 heteroatoms. The number of ether oxygens (including phenoxy) is 1. The zero-order chi connectivity index (χ0) is 20.5.